The van der Waals surface area contributed by atoms with Crippen molar-refractivity contribution in [2.45, 2.75) is 20.3 Å². The Bertz CT molecular complexity index is 589. The van der Waals surface area contributed by atoms with Gasteiger partial charge in [0.1, 0.15) is 0 Å². The van der Waals surface area contributed by atoms with Gasteiger partial charge in [0.05, 0.1) is 17.6 Å². The van der Waals surface area contributed by atoms with Crippen molar-refractivity contribution < 1.29 is 0 Å². The van der Waals surface area contributed by atoms with Gasteiger partial charge >= 0.3 is 0 Å². The molecule has 1 aromatic heterocycles. The Hall–Kier alpha value is -1.88. The lowest BCUT2D eigenvalue weighted by molar-refractivity contribution is 0.740. The summed E-state index contributed by atoms with van der Waals surface area (Å²) in [7, 11) is 1.91. The maximum atomic E-state index is 5.34. The third-order valence-electron chi connectivity index (χ3n) is 3.13. The van der Waals surface area contributed by atoms with Crippen LogP contribution in [0.25, 0.3) is 0 Å². The molecule has 2 aromatic rings. The third kappa shape index (κ3) is 3.12. The number of para-hydroxylation sites is 1. The van der Waals surface area contributed by atoms with Crippen LogP contribution in [0.4, 0.5) is 11.4 Å². The Kier molecular flexibility index (Phi) is 4.16. The Labute approximate surface area is 118 Å². The average molecular weight is 274 g/mol. The second-order valence-corrected chi connectivity index (χ2v) is 4.77. The van der Waals surface area contributed by atoms with E-state index in [-0.39, 0.29) is 0 Å². The van der Waals surface area contributed by atoms with E-state index in [0.29, 0.717) is 5.11 Å². The standard InChI is InChI=1S/C14H18N4S/c1-4-11-7-5-6-8-12(11)16-14(19)17-13-9-15-18(3)10(13)2/h5-9H,4H2,1-3H3,(H2,16,17,19). The van der Waals surface area contributed by atoms with Crippen LogP contribution in [-0.2, 0) is 13.5 Å². The van der Waals surface area contributed by atoms with E-state index in [9.17, 15) is 0 Å². The van der Waals surface area contributed by atoms with E-state index in [1.165, 1.54) is 5.56 Å². The van der Waals surface area contributed by atoms with Gasteiger partial charge < -0.3 is 10.6 Å². The zero-order valence-electron chi connectivity index (χ0n) is 11.4. The molecule has 0 aliphatic carbocycles. The molecule has 0 unspecified atom stereocenters. The van der Waals surface area contributed by atoms with Crippen LogP contribution >= 0.6 is 12.2 Å². The molecule has 0 spiro atoms. The minimum absolute atomic E-state index is 0.581. The van der Waals surface area contributed by atoms with Crippen molar-refractivity contribution in [1.82, 2.24) is 9.78 Å². The molecule has 0 radical (unpaired) electrons. The summed E-state index contributed by atoms with van der Waals surface area (Å²) in [5.74, 6) is 0. The zero-order chi connectivity index (χ0) is 13.8. The minimum Gasteiger partial charge on any atom is -0.332 e. The first-order chi connectivity index (χ1) is 9.11. The molecule has 2 N–H and O–H groups in total. The number of rotatable bonds is 3. The molecule has 1 heterocycles. The molecule has 0 saturated carbocycles. The molecule has 0 bridgehead atoms. The van der Waals surface area contributed by atoms with Gasteiger partial charge in [-0.1, -0.05) is 25.1 Å². The molecule has 0 amide bonds. The average Bonchev–Trinajstić information content (AvgIpc) is 2.71. The lowest BCUT2D eigenvalue weighted by atomic mass is 10.1. The predicted octanol–water partition coefficient (Wildman–Crippen LogP) is 3.10. The fourth-order valence-electron chi connectivity index (χ4n) is 1.85. The van der Waals surface area contributed by atoms with E-state index in [0.717, 1.165) is 23.5 Å². The van der Waals surface area contributed by atoms with Gasteiger partial charge in [-0.15, -0.1) is 0 Å². The van der Waals surface area contributed by atoms with E-state index in [1.807, 2.05) is 36.9 Å². The SMILES string of the molecule is CCc1ccccc1NC(=S)Nc1cnn(C)c1C. The van der Waals surface area contributed by atoms with E-state index >= 15 is 0 Å². The Morgan fingerprint density at radius 3 is 2.58 bits per heavy atom. The van der Waals surface area contributed by atoms with Gasteiger partial charge in [0.15, 0.2) is 5.11 Å². The van der Waals surface area contributed by atoms with Gasteiger partial charge in [-0.2, -0.15) is 5.10 Å². The van der Waals surface area contributed by atoms with Crippen LogP contribution in [0.2, 0.25) is 0 Å². The Balaban J connectivity index is 2.07. The highest BCUT2D eigenvalue weighted by Gasteiger charge is 2.06. The Morgan fingerprint density at radius 1 is 1.26 bits per heavy atom. The molecule has 19 heavy (non-hydrogen) atoms. The van der Waals surface area contributed by atoms with Crippen LogP contribution in [-0.4, -0.2) is 14.9 Å². The summed E-state index contributed by atoms with van der Waals surface area (Å²) in [5, 5.41) is 11.2. The summed E-state index contributed by atoms with van der Waals surface area (Å²) in [6, 6.07) is 8.16. The lowest BCUT2D eigenvalue weighted by Gasteiger charge is -2.13. The number of aryl methyl sites for hydroxylation is 2. The maximum Gasteiger partial charge on any atom is 0.175 e. The summed E-state index contributed by atoms with van der Waals surface area (Å²) < 4.78 is 1.81. The van der Waals surface area contributed by atoms with Gasteiger partial charge in [0.25, 0.3) is 0 Å². The van der Waals surface area contributed by atoms with E-state index < -0.39 is 0 Å². The first-order valence-electron chi connectivity index (χ1n) is 6.26. The summed E-state index contributed by atoms with van der Waals surface area (Å²) >= 11 is 5.34. The highest BCUT2D eigenvalue weighted by molar-refractivity contribution is 7.80. The summed E-state index contributed by atoms with van der Waals surface area (Å²) in [5.41, 5.74) is 4.26. The molecule has 100 valence electrons. The molecular formula is C14H18N4S. The molecular weight excluding hydrogens is 256 g/mol. The molecule has 4 nitrogen and oxygen atoms in total. The van der Waals surface area contributed by atoms with Crippen molar-refractivity contribution in [2.24, 2.45) is 7.05 Å². The van der Waals surface area contributed by atoms with Crippen molar-refractivity contribution in [2.75, 3.05) is 10.6 Å². The second-order valence-electron chi connectivity index (χ2n) is 4.36. The van der Waals surface area contributed by atoms with Gasteiger partial charge in [-0.05, 0) is 37.2 Å². The van der Waals surface area contributed by atoms with E-state index in [4.69, 9.17) is 12.2 Å². The number of aromatic nitrogens is 2. The van der Waals surface area contributed by atoms with Crippen LogP contribution in [0.1, 0.15) is 18.2 Å². The smallest absolute Gasteiger partial charge is 0.175 e. The van der Waals surface area contributed by atoms with E-state index in [2.05, 4.69) is 28.7 Å². The van der Waals surface area contributed by atoms with E-state index in [1.54, 1.807) is 6.20 Å². The second kappa shape index (κ2) is 5.84. The summed E-state index contributed by atoms with van der Waals surface area (Å²) in [4.78, 5) is 0. The fourth-order valence-corrected chi connectivity index (χ4v) is 2.07. The quantitative estimate of drug-likeness (QED) is 0.844. The van der Waals surface area contributed by atoms with Crippen LogP contribution in [0.15, 0.2) is 30.5 Å². The monoisotopic (exact) mass is 274 g/mol. The van der Waals surface area contributed by atoms with Gasteiger partial charge in [0, 0.05) is 12.7 Å². The summed E-state index contributed by atoms with van der Waals surface area (Å²) in [6.07, 6.45) is 2.74. The molecule has 2 rings (SSSR count). The molecule has 0 fully saturated rings. The fraction of sp³-hybridized carbons (Fsp3) is 0.286. The van der Waals surface area contributed by atoms with Gasteiger partial charge in [0.2, 0.25) is 0 Å². The number of anilines is 2. The number of thiocarbonyl (C=S) groups is 1. The lowest BCUT2D eigenvalue weighted by Crippen LogP contribution is -2.20. The van der Waals surface area contributed by atoms with Gasteiger partial charge in [-0.25, -0.2) is 0 Å². The van der Waals surface area contributed by atoms with Crippen LogP contribution < -0.4 is 10.6 Å². The maximum absolute atomic E-state index is 5.34. The highest BCUT2D eigenvalue weighted by atomic mass is 32.1. The molecule has 1 aromatic carbocycles. The first kappa shape index (κ1) is 13.5. The highest BCUT2D eigenvalue weighted by Crippen LogP contribution is 2.17. The normalized spacial score (nSPS) is 10.3. The van der Waals surface area contributed by atoms with Crippen molar-refractivity contribution in [3.63, 3.8) is 0 Å². The van der Waals surface area contributed by atoms with Crippen LogP contribution in [0.5, 0.6) is 0 Å². The van der Waals surface area contributed by atoms with Crippen molar-refractivity contribution >= 4 is 28.7 Å². The summed E-state index contributed by atoms with van der Waals surface area (Å²) in [6.45, 7) is 4.13. The molecule has 5 heteroatoms. The topological polar surface area (TPSA) is 41.9 Å². The zero-order valence-corrected chi connectivity index (χ0v) is 12.2. The number of hydrogen-bond acceptors (Lipinski definition) is 2. The third-order valence-corrected chi connectivity index (χ3v) is 3.33. The first-order valence-corrected chi connectivity index (χ1v) is 6.67. The number of nitrogens with one attached hydrogen (secondary N) is 2. The number of benzene rings is 1. The van der Waals surface area contributed by atoms with Crippen LogP contribution in [0, 0.1) is 6.92 Å². The molecule has 0 aliphatic rings. The molecule has 0 atom stereocenters. The van der Waals surface area contributed by atoms with Crippen molar-refractivity contribution in [1.29, 1.82) is 0 Å². The Morgan fingerprint density at radius 2 is 1.95 bits per heavy atom. The van der Waals surface area contributed by atoms with Crippen molar-refractivity contribution in [3.05, 3.63) is 41.7 Å². The molecule has 0 aliphatic heterocycles. The van der Waals surface area contributed by atoms with Crippen LogP contribution in [0.3, 0.4) is 0 Å². The molecule has 0 saturated heterocycles. The minimum atomic E-state index is 0.581. The van der Waals surface area contributed by atoms with Gasteiger partial charge in [-0.3, -0.25) is 4.68 Å². The largest absolute Gasteiger partial charge is 0.332 e. The number of nitrogens with zero attached hydrogens (tertiary/aromatic N) is 2. The number of hydrogen-bond donors (Lipinski definition) is 2. The van der Waals surface area contributed by atoms with Crippen molar-refractivity contribution in [3.8, 4) is 0 Å². The predicted molar refractivity (Wildman–Crippen MR) is 83.6 cm³/mol.